The third-order valence-corrected chi connectivity index (χ3v) is 2.63. The first-order valence-electron chi connectivity index (χ1n) is 4.79. The number of benzodiazepines with no additional fused rings is 1. The maximum absolute atomic E-state index is 10.8. The highest BCUT2D eigenvalue weighted by Crippen LogP contribution is 2.21. The van der Waals surface area contributed by atoms with Crippen molar-refractivity contribution in [2.24, 2.45) is 4.99 Å². The molecule has 5 heteroatoms. The van der Waals surface area contributed by atoms with Crippen molar-refractivity contribution >= 4 is 35.1 Å². The fraction of sp³-hybridized carbons (Fsp3) is 0.182. The van der Waals surface area contributed by atoms with E-state index in [9.17, 15) is 4.79 Å². The normalized spacial score (nSPS) is 14.5. The van der Waals surface area contributed by atoms with Gasteiger partial charge in [0.25, 0.3) is 0 Å². The number of anilines is 1. The number of carbonyl (C=O) groups is 1. The number of aliphatic carboxylic acids is 1. The second kappa shape index (κ2) is 4.40. The molecule has 1 heterocycles. The van der Waals surface area contributed by atoms with E-state index in [2.05, 4.69) is 4.99 Å². The SMILES string of the molecule is O=C(O)CN1C(=S)CN=Cc2ccccc21. The first kappa shape index (κ1) is 10.8. The topological polar surface area (TPSA) is 52.9 Å². The van der Waals surface area contributed by atoms with Gasteiger partial charge >= 0.3 is 5.97 Å². The van der Waals surface area contributed by atoms with Gasteiger partial charge in [0.1, 0.15) is 11.5 Å². The number of aliphatic imine (C=N–C) groups is 1. The van der Waals surface area contributed by atoms with Gasteiger partial charge in [-0.3, -0.25) is 9.79 Å². The van der Waals surface area contributed by atoms with Crippen LogP contribution in [0.2, 0.25) is 0 Å². The molecule has 1 N–H and O–H groups in total. The summed E-state index contributed by atoms with van der Waals surface area (Å²) in [6.45, 7) is 0.233. The molecule has 1 aromatic carbocycles. The van der Waals surface area contributed by atoms with Gasteiger partial charge in [-0.15, -0.1) is 0 Å². The second-order valence-electron chi connectivity index (χ2n) is 3.40. The molecule has 0 amide bonds. The van der Waals surface area contributed by atoms with Crippen LogP contribution in [0.3, 0.4) is 0 Å². The largest absolute Gasteiger partial charge is 0.480 e. The Labute approximate surface area is 98.2 Å². The minimum Gasteiger partial charge on any atom is -0.480 e. The quantitative estimate of drug-likeness (QED) is 0.784. The van der Waals surface area contributed by atoms with Crippen LogP contribution < -0.4 is 4.90 Å². The Bertz CT molecular complexity index is 471. The lowest BCUT2D eigenvalue weighted by Crippen LogP contribution is -2.35. The van der Waals surface area contributed by atoms with Gasteiger partial charge in [-0.25, -0.2) is 0 Å². The fourth-order valence-corrected chi connectivity index (χ4v) is 1.83. The van der Waals surface area contributed by atoms with Crippen molar-refractivity contribution in [1.29, 1.82) is 0 Å². The highest BCUT2D eigenvalue weighted by molar-refractivity contribution is 7.80. The summed E-state index contributed by atoms with van der Waals surface area (Å²) in [6, 6.07) is 7.48. The van der Waals surface area contributed by atoms with Crippen LogP contribution in [0.1, 0.15) is 5.56 Å². The van der Waals surface area contributed by atoms with E-state index in [1.807, 2.05) is 24.3 Å². The Morgan fingerprint density at radius 1 is 1.50 bits per heavy atom. The van der Waals surface area contributed by atoms with E-state index in [0.29, 0.717) is 11.5 Å². The van der Waals surface area contributed by atoms with E-state index in [4.69, 9.17) is 17.3 Å². The molecule has 0 aromatic heterocycles. The number of nitrogens with zero attached hydrogens (tertiary/aromatic N) is 2. The lowest BCUT2D eigenvalue weighted by Gasteiger charge is -2.22. The summed E-state index contributed by atoms with van der Waals surface area (Å²) in [6.07, 6.45) is 1.73. The van der Waals surface area contributed by atoms with E-state index in [1.165, 1.54) is 0 Å². The number of fused-ring (bicyclic) bond motifs is 1. The number of carboxylic acids is 1. The Morgan fingerprint density at radius 3 is 3.00 bits per heavy atom. The predicted molar refractivity (Wildman–Crippen MR) is 66.5 cm³/mol. The minimum absolute atomic E-state index is 0.126. The van der Waals surface area contributed by atoms with E-state index in [-0.39, 0.29) is 6.54 Å². The zero-order chi connectivity index (χ0) is 11.5. The summed E-state index contributed by atoms with van der Waals surface area (Å²) in [5.41, 5.74) is 1.69. The van der Waals surface area contributed by atoms with Crippen LogP contribution in [-0.2, 0) is 4.79 Å². The second-order valence-corrected chi connectivity index (χ2v) is 3.87. The van der Waals surface area contributed by atoms with E-state index >= 15 is 0 Å². The van der Waals surface area contributed by atoms with Crippen LogP contribution in [0.15, 0.2) is 29.3 Å². The van der Waals surface area contributed by atoms with Crippen molar-refractivity contribution in [2.75, 3.05) is 18.0 Å². The molecule has 2 rings (SSSR count). The molecule has 0 saturated carbocycles. The number of thiocarbonyl (C=S) groups is 1. The highest BCUT2D eigenvalue weighted by atomic mass is 32.1. The van der Waals surface area contributed by atoms with Gasteiger partial charge in [0.05, 0.1) is 12.2 Å². The minimum atomic E-state index is -0.904. The molecule has 0 aliphatic carbocycles. The third kappa shape index (κ3) is 2.09. The lowest BCUT2D eigenvalue weighted by atomic mass is 10.2. The van der Waals surface area contributed by atoms with Crippen LogP contribution in [0.5, 0.6) is 0 Å². The van der Waals surface area contributed by atoms with Gasteiger partial charge in [-0.05, 0) is 6.07 Å². The molecule has 0 fully saturated rings. The highest BCUT2D eigenvalue weighted by Gasteiger charge is 2.19. The monoisotopic (exact) mass is 234 g/mol. The number of para-hydroxylation sites is 1. The van der Waals surface area contributed by atoms with Crippen LogP contribution in [0.25, 0.3) is 0 Å². The fourth-order valence-electron chi connectivity index (χ4n) is 1.59. The van der Waals surface area contributed by atoms with Crippen LogP contribution in [0.4, 0.5) is 5.69 Å². The smallest absolute Gasteiger partial charge is 0.323 e. The molecule has 1 aromatic rings. The zero-order valence-corrected chi connectivity index (χ0v) is 9.28. The Hall–Kier alpha value is -1.75. The molecule has 1 aliphatic rings. The van der Waals surface area contributed by atoms with E-state index in [0.717, 1.165) is 11.3 Å². The van der Waals surface area contributed by atoms with Gasteiger partial charge in [0.2, 0.25) is 0 Å². The average molecular weight is 234 g/mol. The van der Waals surface area contributed by atoms with Gasteiger partial charge in [-0.2, -0.15) is 0 Å². The molecule has 1 aliphatic heterocycles. The Morgan fingerprint density at radius 2 is 2.25 bits per heavy atom. The van der Waals surface area contributed by atoms with Crippen molar-refractivity contribution in [3.63, 3.8) is 0 Å². The number of carboxylic acid groups (broad SMARTS) is 1. The standard InChI is InChI=1S/C11H10N2O2S/c14-11(15)7-13-9-4-2-1-3-8(9)5-12-6-10(13)16/h1-5H,6-7H2,(H,14,15). The van der Waals surface area contributed by atoms with Gasteiger partial charge in [-0.1, -0.05) is 30.4 Å². The predicted octanol–water partition coefficient (Wildman–Crippen LogP) is 1.34. The lowest BCUT2D eigenvalue weighted by molar-refractivity contribution is -0.135. The number of benzene rings is 1. The molecule has 0 atom stereocenters. The zero-order valence-electron chi connectivity index (χ0n) is 8.46. The molecule has 0 unspecified atom stereocenters. The van der Waals surface area contributed by atoms with Crippen molar-refractivity contribution in [3.8, 4) is 0 Å². The molecule has 16 heavy (non-hydrogen) atoms. The van der Waals surface area contributed by atoms with Crippen LogP contribution in [-0.4, -0.2) is 35.4 Å². The number of rotatable bonds is 2. The Balaban J connectivity index is 2.44. The molecule has 4 nitrogen and oxygen atoms in total. The van der Waals surface area contributed by atoms with Crippen molar-refractivity contribution in [1.82, 2.24) is 0 Å². The van der Waals surface area contributed by atoms with Crippen molar-refractivity contribution < 1.29 is 9.90 Å². The molecule has 82 valence electrons. The summed E-state index contributed by atoms with van der Waals surface area (Å²) in [4.78, 5) is 17.1. The van der Waals surface area contributed by atoms with Gasteiger partial charge < -0.3 is 10.0 Å². The maximum atomic E-state index is 10.8. The first-order chi connectivity index (χ1) is 7.68. The summed E-state index contributed by atoms with van der Waals surface area (Å²) in [5, 5.41) is 8.86. The summed E-state index contributed by atoms with van der Waals surface area (Å²) < 4.78 is 0. The molecular weight excluding hydrogens is 224 g/mol. The van der Waals surface area contributed by atoms with Crippen LogP contribution >= 0.6 is 12.2 Å². The maximum Gasteiger partial charge on any atom is 0.323 e. The molecular formula is C11H10N2O2S. The van der Waals surface area contributed by atoms with Crippen LogP contribution in [0, 0.1) is 0 Å². The van der Waals surface area contributed by atoms with Gasteiger partial charge in [0.15, 0.2) is 0 Å². The van der Waals surface area contributed by atoms with Crippen molar-refractivity contribution in [3.05, 3.63) is 29.8 Å². The third-order valence-electron chi connectivity index (χ3n) is 2.28. The first-order valence-corrected chi connectivity index (χ1v) is 5.20. The molecule has 0 spiro atoms. The number of hydrogen-bond donors (Lipinski definition) is 1. The summed E-state index contributed by atoms with van der Waals surface area (Å²) >= 11 is 5.16. The Kier molecular flexibility index (Phi) is 2.96. The van der Waals surface area contributed by atoms with Crippen molar-refractivity contribution in [2.45, 2.75) is 0 Å². The average Bonchev–Trinajstić information content (AvgIpc) is 2.40. The molecule has 0 bridgehead atoms. The van der Waals surface area contributed by atoms with E-state index in [1.54, 1.807) is 11.1 Å². The number of hydrogen-bond acceptors (Lipinski definition) is 3. The molecule has 0 saturated heterocycles. The summed E-state index contributed by atoms with van der Waals surface area (Å²) in [7, 11) is 0. The summed E-state index contributed by atoms with van der Waals surface area (Å²) in [5.74, 6) is -0.904. The van der Waals surface area contributed by atoms with Gasteiger partial charge in [0, 0.05) is 11.8 Å². The van der Waals surface area contributed by atoms with E-state index < -0.39 is 5.97 Å². The molecule has 0 radical (unpaired) electrons.